The van der Waals surface area contributed by atoms with Crippen LogP contribution in [0.5, 0.6) is 0 Å². The molecule has 2 heterocycles. The maximum absolute atomic E-state index is 13.5. The molecule has 3 aliphatic carbocycles. The van der Waals surface area contributed by atoms with Crippen LogP contribution in [-0.4, -0.2) is 75.4 Å². The molecule has 10 heteroatoms. The number of carboxylic acid groups (broad SMARTS) is 1. The lowest BCUT2D eigenvalue weighted by atomic mass is 10.0. The van der Waals surface area contributed by atoms with Gasteiger partial charge in [-0.25, -0.2) is 9.59 Å². The summed E-state index contributed by atoms with van der Waals surface area (Å²) in [7, 11) is 0. The highest BCUT2D eigenvalue weighted by molar-refractivity contribution is 5.95. The summed E-state index contributed by atoms with van der Waals surface area (Å²) in [6.45, 7) is -0.0281. The third-order valence-electron chi connectivity index (χ3n) is 8.81. The first-order valence-corrected chi connectivity index (χ1v) is 13.3. The normalized spacial score (nSPS) is 41.4. The van der Waals surface area contributed by atoms with E-state index in [-0.39, 0.29) is 25.0 Å². The van der Waals surface area contributed by atoms with E-state index in [1.54, 1.807) is 0 Å². The number of carbonyl (C=O) groups is 4. The number of carbonyl (C=O) groups excluding carboxylic acids is 3. The molecule has 1 unspecified atom stereocenters. The topological polar surface area (TPSA) is 145 Å². The molecular weight excluding hydrogens is 454 g/mol. The highest BCUT2D eigenvalue weighted by atomic mass is 16.6. The average molecular weight is 492 g/mol. The van der Waals surface area contributed by atoms with Crippen molar-refractivity contribution < 1.29 is 34.1 Å². The highest BCUT2D eigenvalue weighted by Gasteiger charge is 2.62. The van der Waals surface area contributed by atoms with Crippen LogP contribution in [0.3, 0.4) is 0 Å². The number of alkyl carbamates (subject to hydrolysis) is 1. The zero-order chi connectivity index (χ0) is 24.7. The maximum Gasteiger partial charge on any atom is 0.408 e. The van der Waals surface area contributed by atoms with E-state index in [4.69, 9.17) is 4.74 Å². The highest BCUT2D eigenvalue weighted by Crippen LogP contribution is 2.52. The van der Waals surface area contributed by atoms with Crippen molar-refractivity contribution in [3.8, 4) is 0 Å². The van der Waals surface area contributed by atoms with Crippen molar-refractivity contribution in [3.63, 3.8) is 0 Å². The van der Waals surface area contributed by atoms with Crippen LogP contribution in [0.25, 0.3) is 0 Å². The second kappa shape index (κ2) is 9.59. The number of nitrogens with one attached hydrogen (secondary N) is 2. The molecule has 5 fully saturated rings. The zero-order valence-electron chi connectivity index (χ0n) is 20.1. The third kappa shape index (κ3) is 5.13. The fourth-order valence-electron chi connectivity index (χ4n) is 6.57. The number of ether oxygens (including phenoxy) is 1. The van der Waals surface area contributed by atoms with Crippen LogP contribution >= 0.6 is 0 Å². The van der Waals surface area contributed by atoms with Crippen LogP contribution in [0.4, 0.5) is 4.79 Å². The van der Waals surface area contributed by atoms with Crippen LogP contribution < -0.4 is 10.6 Å². The quantitative estimate of drug-likeness (QED) is 0.469. The molecule has 5 rings (SSSR count). The standard InChI is InChI=1S/C25H37N3O7/c29-17-11-20-21(30)27-25(23(32)33)12-16(25)6-4-2-1-3-5-7-19(22(31)28(20)13-17)26-24(34)35-18-9-14-8-15(14)10-18/h14-20,29H,1-13H2,(H,26,34)(H,27,30)(H,32,33)/t14-,15+,16-,17+,18?,19-,20-,25+/m0/s1. The number of hydrogen-bond donors (Lipinski definition) is 4. The van der Waals surface area contributed by atoms with Gasteiger partial charge in [0.05, 0.1) is 6.10 Å². The van der Waals surface area contributed by atoms with Crippen molar-refractivity contribution >= 4 is 23.9 Å². The molecule has 194 valence electrons. The number of carboxylic acids is 1. The van der Waals surface area contributed by atoms with Crippen molar-refractivity contribution in [1.29, 1.82) is 0 Å². The van der Waals surface area contributed by atoms with Gasteiger partial charge in [-0.3, -0.25) is 9.59 Å². The van der Waals surface area contributed by atoms with Gasteiger partial charge in [-0.15, -0.1) is 0 Å². The van der Waals surface area contributed by atoms with Crippen LogP contribution in [0, 0.1) is 17.8 Å². The molecule has 2 aliphatic heterocycles. The summed E-state index contributed by atoms with van der Waals surface area (Å²) in [5, 5.41) is 25.6. The van der Waals surface area contributed by atoms with E-state index in [9.17, 15) is 29.4 Å². The molecule has 5 aliphatic rings. The minimum atomic E-state index is -1.29. The first kappa shape index (κ1) is 24.3. The number of aliphatic hydroxyl groups is 1. The Hall–Kier alpha value is -2.36. The summed E-state index contributed by atoms with van der Waals surface area (Å²) in [5.74, 6) is -0.823. The van der Waals surface area contributed by atoms with Crippen LogP contribution in [0.1, 0.15) is 77.0 Å². The molecule has 35 heavy (non-hydrogen) atoms. The molecule has 0 aromatic heterocycles. The van der Waals surface area contributed by atoms with Crippen molar-refractivity contribution in [1.82, 2.24) is 15.5 Å². The fourth-order valence-corrected chi connectivity index (χ4v) is 6.57. The summed E-state index contributed by atoms with van der Waals surface area (Å²) >= 11 is 0. The Kier molecular flexibility index (Phi) is 6.67. The summed E-state index contributed by atoms with van der Waals surface area (Å²) in [4.78, 5) is 52.7. The lowest BCUT2D eigenvalue weighted by Crippen LogP contribution is -2.56. The largest absolute Gasteiger partial charge is 0.479 e. The zero-order valence-corrected chi connectivity index (χ0v) is 20.1. The van der Waals surface area contributed by atoms with Gasteiger partial charge in [0.2, 0.25) is 11.8 Å². The smallest absolute Gasteiger partial charge is 0.408 e. The second-order valence-electron chi connectivity index (χ2n) is 11.4. The fraction of sp³-hybridized carbons (Fsp3) is 0.840. The Bertz CT molecular complexity index is 871. The van der Waals surface area contributed by atoms with Gasteiger partial charge >= 0.3 is 12.1 Å². The summed E-state index contributed by atoms with van der Waals surface area (Å²) < 4.78 is 5.59. The van der Waals surface area contributed by atoms with Gasteiger partial charge in [0, 0.05) is 13.0 Å². The summed E-state index contributed by atoms with van der Waals surface area (Å²) in [6, 6.07) is -1.83. The van der Waals surface area contributed by atoms with Crippen LogP contribution in [0.2, 0.25) is 0 Å². The molecule has 10 nitrogen and oxygen atoms in total. The Morgan fingerprint density at radius 3 is 2.40 bits per heavy atom. The SMILES string of the molecule is O=C(N[C@H]1CCCCCCC[C@H]2C[C@@]2(C(=O)O)NC(=O)[C@@H]2C[C@@H](O)CN2C1=O)OC1C[C@@H]2C[C@@H]2C1. The number of hydrogen-bond acceptors (Lipinski definition) is 6. The van der Waals surface area contributed by atoms with E-state index in [0.29, 0.717) is 24.7 Å². The Labute approximate surface area is 205 Å². The molecule has 4 N–H and O–H groups in total. The predicted molar refractivity (Wildman–Crippen MR) is 123 cm³/mol. The number of nitrogens with zero attached hydrogens (tertiary/aromatic N) is 1. The van der Waals surface area contributed by atoms with E-state index in [1.807, 2.05) is 0 Å². The molecule has 0 radical (unpaired) electrons. The lowest BCUT2D eigenvalue weighted by Gasteiger charge is -2.29. The molecule has 2 saturated heterocycles. The van der Waals surface area contributed by atoms with E-state index >= 15 is 0 Å². The van der Waals surface area contributed by atoms with Crippen molar-refractivity contribution in [2.24, 2.45) is 17.8 Å². The molecule has 0 aromatic rings. The minimum absolute atomic E-state index is 0.0281. The maximum atomic E-state index is 13.5. The van der Waals surface area contributed by atoms with Gasteiger partial charge in [-0.2, -0.15) is 0 Å². The van der Waals surface area contributed by atoms with Gasteiger partial charge in [0.15, 0.2) is 0 Å². The Morgan fingerprint density at radius 2 is 1.69 bits per heavy atom. The number of aliphatic carboxylic acids is 1. The van der Waals surface area contributed by atoms with Crippen molar-refractivity contribution in [3.05, 3.63) is 0 Å². The van der Waals surface area contributed by atoms with Crippen molar-refractivity contribution in [2.75, 3.05) is 6.54 Å². The lowest BCUT2D eigenvalue weighted by molar-refractivity contribution is -0.146. The predicted octanol–water partition coefficient (Wildman–Crippen LogP) is 1.55. The van der Waals surface area contributed by atoms with E-state index in [1.165, 1.54) is 11.3 Å². The van der Waals surface area contributed by atoms with Gasteiger partial charge in [-0.05, 0) is 56.3 Å². The van der Waals surface area contributed by atoms with Gasteiger partial charge < -0.3 is 30.5 Å². The van der Waals surface area contributed by atoms with E-state index in [0.717, 1.165) is 51.4 Å². The minimum Gasteiger partial charge on any atom is -0.479 e. The molecular formula is C25H37N3O7. The van der Waals surface area contributed by atoms with E-state index < -0.39 is 47.6 Å². The first-order chi connectivity index (χ1) is 16.8. The molecule has 0 bridgehead atoms. The summed E-state index contributed by atoms with van der Waals surface area (Å²) in [6.07, 6.45) is 7.39. The first-order valence-electron chi connectivity index (χ1n) is 13.3. The Balaban J connectivity index is 1.29. The van der Waals surface area contributed by atoms with Crippen molar-refractivity contribution in [2.45, 2.75) is 107 Å². The van der Waals surface area contributed by atoms with E-state index in [2.05, 4.69) is 10.6 Å². The third-order valence-corrected chi connectivity index (χ3v) is 8.81. The number of amides is 3. The summed E-state index contributed by atoms with van der Waals surface area (Å²) in [5.41, 5.74) is -1.29. The van der Waals surface area contributed by atoms with Gasteiger partial charge in [-0.1, -0.05) is 32.1 Å². The second-order valence-corrected chi connectivity index (χ2v) is 11.4. The van der Waals surface area contributed by atoms with Crippen LogP contribution in [0.15, 0.2) is 0 Å². The number of fused-ring (bicyclic) bond motifs is 3. The molecule has 0 aromatic carbocycles. The molecule has 0 spiro atoms. The van der Waals surface area contributed by atoms with Crippen LogP contribution in [-0.2, 0) is 19.1 Å². The number of aliphatic hydroxyl groups excluding tert-OH is 1. The molecule has 3 amide bonds. The molecule has 3 saturated carbocycles. The number of rotatable bonds is 3. The monoisotopic (exact) mass is 491 g/mol. The molecule has 8 atom stereocenters. The Morgan fingerprint density at radius 1 is 1.00 bits per heavy atom. The average Bonchev–Trinajstić information content (AvgIpc) is 3.61. The van der Waals surface area contributed by atoms with Gasteiger partial charge in [0.1, 0.15) is 23.7 Å². The van der Waals surface area contributed by atoms with Gasteiger partial charge in [0.25, 0.3) is 0 Å².